The van der Waals surface area contributed by atoms with Crippen molar-refractivity contribution < 1.29 is 73.7 Å². The maximum atomic E-state index is 12.5. The number of hydrogen-bond donors (Lipinski definition) is 7. The molecule has 2 aromatic carbocycles. The predicted molar refractivity (Wildman–Crippen MR) is 157 cm³/mol. The molecule has 0 unspecified atom stereocenters. The number of methoxy groups -OCH3 is 2. The van der Waals surface area contributed by atoms with Crippen molar-refractivity contribution in [2.75, 3.05) is 27.4 Å². The topological polar surface area (TPSA) is 223 Å². The third kappa shape index (κ3) is 8.44. The fourth-order valence-corrected chi connectivity index (χ4v) is 4.98. The van der Waals surface area contributed by atoms with Gasteiger partial charge in [-0.15, -0.1) is 0 Å². The van der Waals surface area contributed by atoms with E-state index in [1.54, 1.807) is 18.2 Å². The van der Waals surface area contributed by atoms with Gasteiger partial charge in [0.25, 0.3) is 0 Å². The molecule has 0 bridgehead atoms. The van der Waals surface area contributed by atoms with Gasteiger partial charge < -0.3 is 68.9 Å². The first-order chi connectivity index (χ1) is 21.9. The van der Waals surface area contributed by atoms with Crippen molar-refractivity contribution in [3.05, 3.63) is 53.6 Å². The van der Waals surface area contributed by atoms with Crippen LogP contribution in [-0.2, 0) is 34.9 Å². The van der Waals surface area contributed by atoms with Crippen LogP contribution in [0.15, 0.2) is 42.5 Å². The minimum absolute atomic E-state index is 0.0217. The van der Waals surface area contributed by atoms with Gasteiger partial charge in [0, 0.05) is 6.08 Å². The number of rotatable bonds is 12. The summed E-state index contributed by atoms with van der Waals surface area (Å²) in [4.78, 5) is 12.5. The lowest BCUT2D eigenvalue weighted by Crippen LogP contribution is -2.64. The van der Waals surface area contributed by atoms with E-state index < -0.39 is 74.0 Å². The first-order valence-corrected chi connectivity index (χ1v) is 14.5. The van der Waals surface area contributed by atoms with Crippen molar-refractivity contribution in [2.24, 2.45) is 0 Å². The average Bonchev–Trinajstić information content (AvgIpc) is 3.04. The summed E-state index contributed by atoms with van der Waals surface area (Å²) in [6.07, 6.45) is -12.0. The van der Waals surface area contributed by atoms with Gasteiger partial charge in [-0.05, 0) is 54.8 Å². The van der Waals surface area contributed by atoms with Crippen LogP contribution in [0.5, 0.6) is 23.0 Å². The number of aliphatic hydroxyl groups excluding tert-OH is 5. The lowest BCUT2D eigenvalue weighted by atomic mass is 9.97. The van der Waals surface area contributed by atoms with Gasteiger partial charge in [-0.25, -0.2) is 4.79 Å². The van der Waals surface area contributed by atoms with E-state index in [0.29, 0.717) is 16.9 Å². The Morgan fingerprint density at radius 2 is 1.57 bits per heavy atom. The molecule has 2 heterocycles. The number of benzene rings is 2. The minimum atomic E-state index is -1.73. The van der Waals surface area contributed by atoms with Gasteiger partial charge in [-0.2, -0.15) is 0 Å². The number of esters is 1. The maximum Gasteiger partial charge on any atom is 0.330 e. The summed E-state index contributed by atoms with van der Waals surface area (Å²) in [7, 11) is 2.80. The predicted octanol–water partition coefficient (Wildman–Crippen LogP) is -0.410. The third-order valence-corrected chi connectivity index (χ3v) is 7.66. The Balaban J connectivity index is 1.44. The van der Waals surface area contributed by atoms with Crippen molar-refractivity contribution in [2.45, 2.75) is 74.8 Å². The zero-order chi connectivity index (χ0) is 33.5. The number of aliphatic hydroxyl groups is 5. The number of phenols is 2. The fraction of sp³-hybridized carbons (Fsp3) is 0.516. The molecule has 0 spiro atoms. The van der Waals surface area contributed by atoms with Crippen LogP contribution >= 0.6 is 0 Å². The van der Waals surface area contributed by atoms with Crippen LogP contribution in [0.1, 0.15) is 18.1 Å². The molecule has 4 rings (SSSR count). The largest absolute Gasteiger partial charge is 0.504 e. The van der Waals surface area contributed by atoms with Crippen LogP contribution < -0.4 is 9.47 Å². The Morgan fingerprint density at radius 1 is 0.826 bits per heavy atom. The summed E-state index contributed by atoms with van der Waals surface area (Å²) in [6, 6.07) is 9.23. The molecule has 254 valence electrons. The SMILES string of the molecule is COc1ccc(CCO[C@@H]2O[C@H](COC(=O)C=Cc3ccc(O)c(OC)c3)[C@@H](O)[C@H](O[C@@H]3O[C@@H](C)[C@H](O)[C@@H](O)[C@H]3O)[C@H]2O)cc1O. The minimum Gasteiger partial charge on any atom is -0.504 e. The van der Waals surface area contributed by atoms with E-state index in [2.05, 4.69) is 0 Å². The van der Waals surface area contributed by atoms with Crippen LogP contribution in [0.25, 0.3) is 6.08 Å². The second-order valence-corrected chi connectivity index (χ2v) is 10.8. The highest BCUT2D eigenvalue weighted by molar-refractivity contribution is 5.87. The van der Waals surface area contributed by atoms with E-state index in [4.69, 9.17) is 33.2 Å². The molecule has 2 aromatic rings. The zero-order valence-corrected chi connectivity index (χ0v) is 25.4. The first-order valence-electron chi connectivity index (χ1n) is 14.5. The van der Waals surface area contributed by atoms with Gasteiger partial charge in [0.1, 0.15) is 49.3 Å². The summed E-state index contributed by atoms with van der Waals surface area (Å²) in [6.45, 7) is 0.917. The molecule has 15 heteroatoms. The summed E-state index contributed by atoms with van der Waals surface area (Å²) in [5, 5.41) is 72.7. The van der Waals surface area contributed by atoms with E-state index in [1.807, 2.05) is 0 Å². The Kier molecular flexibility index (Phi) is 12.2. The smallest absolute Gasteiger partial charge is 0.330 e. The molecule has 2 fully saturated rings. The van der Waals surface area contributed by atoms with Gasteiger partial charge in [-0.1, -0.05) is 12.1 Å². The van der Waals surface area contributed by atoms with E-state index in [-0.39, 0.29) is 30.3 Å². The fourth-order valence-electron chi connectivity index (χ4n) is 4.98. The van der Waals surface area contributed by atoms with E-state index in [0.717, 1.165) is 6.08 Å². The van der Waals surface area contributed by atoms with E-state index >= 15 is 0 Å². The number of hydrogen-bond acceptors (Lipinski definition) is 15. The number of carbonyl (C=O) groups is 1. The van der Waals surface area contributed by atoms with Gasteiger partial charge in [0.05, 0.1) is 26.9 Å². The zero-order valence-electron chi connectivity index (χ0n) is 25.4. The monoisotopic (exact) mass is 652 g/mol. The molecular formula is C31H40O15. The number of carbonyl (C=O) groups excluding carboxylic acids is 1. The maximum absolute atomic E-state index is 12.5. The van der Waals surface area contributed by atoms with Crippen molar-refractivity contribution in [3.8, 4) is 23.0 Å². The number of ether oxygens (including phenoxy) is 7. The van der Waals surface area contributed by atoms with Crippen LogP contribution in [0.2, 0.25) is 0 Å². The van der Waals surface area contributed by atoms with Crippen molar-refractivity contribution in [3.63, 3.8) is 0 Å². The standard InChI is InChI=1S/C31H40O15/c1-15-24(35)26(37)27(38)31(44-15)46-29-25(36)22(14-43-23(34)9-6-16-4-7-18(32)21(13-16)41-3)45-30(28(29)39)42-11-10-17-5-8-20(40-2)19(33)12-17/h4-9,12-13,15,22,24-33,35-39H,10-11,14H2,1-3H3/t15-,22+,24-,25+,26+,27+,28+,29-,30+,31-/m0/s1. The molecule has 7 N–H and O–H groups in total. The third-order valence-electron chi connectivity index (χ3n) is 7.66. The average molecular weight is 653 g/mol. The van der Waals surface area contributed by atoms with Crippen LogP contribution in [0.3, 0.4) is 0 Å². The summed E-state index contributed by atoms with van der Waals surface area (Å²) in [5.41, 5.74) is 1.21. The van der Waals surface area contributed by atoms with Gasteiger partial charge >= 0.3 is 5.97 Å². The summed E-state index contributed by atoms with van der Waals surface area (Å²) >= 11 is 0. The lowest BCUT2D eigenvalue weighted by Gasteiger charge is -2.45. The molecule has 0 aromatic heterocycles. The van der Waals surface area contributed by atoms with Crippen LogP contribution in [-0.4, -0.2) is 131 Å². The highest BCUT2D eigenvalue weighted by Gasteiger charge is 2.50. The normalized spacial score (nSPS) is 31.5. The second kappa shape index (κ2) is 15.9. The van der Waals surface area contributed by atoms with Crippen molar-refractivity contribution in [1.29, 1.82) is 0 Å². The Morgan fingerprint density at radius 3 is 2.26 bits per heavy atom. The molecule has 0 aliphatic carbocycles. The molecule has 0 radical (unpaired) electrons. The first kappa shape index (κ1) is 35.3. The molecule has 46 heavy (non-hydrogen) atoms. The molecule has 2 aliphatic heterocycles. The van der Waals surface area contributed by atoms with Crippen LogP contribution in [0, 0.1) is 0 Å². The Hall–Kier alpha value is -3.51. The highest BCUT2D eigenvalue weighted by atomic mass is 16.7. The van der Waals surface area contributed by atoms with Crippen LogP contribution in [0.4, 0.5) is 0 Å². The van der Waals surface area contributed by atoms with Crippen molar-refractivity contribution >= 4 is 12.0 Å². The quantitative estimate of drug-likeness (QED) is 0.114. The highest BCUT2D eigenvalue weighted by Crippen LogP contribution is 2.31. The lowest BCUT2D eigenvalue weighted by molar-refractivity contribution is -0.357. The molecule has 0 amide bonds. The summed E-state index contributed by atoms with van der Waals surface area (Å²) < 4.78 is 38.1. The number of phenolic OH excluding ortho intramolecular Hbond substituents is 2. The van der Waals surface area contributed by atoms with E-state index in [9.17, 15) is 40.5 Å². The van der Waals surface area contributed by atoms with Crippen molar-refractivity contribution in [1.82, 2.24) is 0 Å². The molecule has 15 nitrogen and oxygen atoms in total. The Labute approximate surface area is 264 Å². The summed E-state index contributed by atoms with van der Waals surface area (Å²) in [5.74, 6) is -0.454. The Bertz CT molecular complexity index is 1340. The van der Waals surface area contributed by atoms with Gasteiger partial charge in [-0.3, -0.25) is 0 Å². The van der Waals surface area contributed by atoms with Gasteiger partial charge in [0.2, 0.25) is 0 Å². The number of aromatic hydroxyl groups is 2. The molecule has 0 saturated carbocycles. The van der Waals surface area contributed by atoms with E-state index in [1.165, 1.54) is 45.4 Å². The molecular weight excluding hydrogens is 612 g/mol. The molecule has 10 atom stereocenters. The second-order valence-electron chi connectivity index (χ2n) is 10.8. The molecule has 2 saturated heterocycles. The van der Waals surface area contributed by atoms with Gasteiger partial charge in [0.15, 0.2) is 35.6 Å². The molecule has 2 aliphatic rings.